The number of fused-ring (bicyclic) bond motifs is 3. The minimum absolute atomic E-state index is 0.209. The van der Waals surface area contributed by atoms with Gasteiger partial charge in [-0.3, -0.25) is 4.55 Å². The van der Waals surface area contributed by atoms with E-state index in [0.29, 0.717) is 12.8 Å². The van der Waals surface area contributed by atoms with Gasteiger partial charge >= 0.3 is 0 Å². The van der Waals surface area contributed by atoms with Crippen molar-refractivity contribution >= 4 is 42.4 Å². The van der Waals surface area contributed by atoms with Gasteiger partial charge in [-0.05, 0) is 36.8 Å². The van der Waals surface area contributed by atoms with Crippen LogP contribution in [0.25, 0.3) is 21.0 Å². The molecule has 0 aliphatic carbocycles. The Kier molecular flexibility index (Phi) is 3.69. The van der Waals surface area contributed by atoms with Crippen molar-refractivity contribution in [3.05, 3.63) is 40.9 Å². The van der Waals surface area contributed by atoms with Crippen LogP contribution >= 0.6 is 11.3 Å². The number of hydrogen-bond acceptors (Lipinski definition) is 4. The van der Waals surface area contributed by atoms with Gasteiger partial charge in [0.2, 0.25) is 0 Å². The van der Waals surface area contributed by atoms with E-state index in [9.17, 15) is 8.42 Å². The molecule has 110 valence electrons. The summed E-state index contributed by atoms with van der Waals surface area (Å²) < 4.78 is 31.7. The fourth-order valence-electron chi connectivity index (χ4n) is 2.55. The Hall–Kier alpha value is -1.50. The number of aryl methyl sites for hydroxylation is 2. The number of aromatic nitrogens is 1. The van der Waals surface area contributed by atoms with Crippen LogP contribution in [0, 0.1) is 6.92 Å². The normalized spacial score (nSPS) is 12.3. The lowest BCUT2D eigenvalue weighted by Crippen LogP contribution is -2.04. The molecule has 6 heteroatoms. The maximum atomic E-state index is 10.8. The van der Waals surface area contributed by atoms with Gasteiger partial charge in [0.15, 0.2) is 0 Å². The molecule has 4 nitrogen and oxygen atoms in total. The zero-order valence-corrected chi connectivity index (χ0v) is 13.2. The van der Waals surface area contributed by atoms with Gasteiger partial charge in [-0.1, -0.05) is 24.3 Å². The summed E-state index contributed by atoms with van der Waals surface area (Å²) in [6.45, 7) is 1.97. The summed E-state index contributed by atoms with van der Waals surface area (Å²) in [4.78, 5) is 4.61. The minimum Gasteiger partial charge on any atom is -0.286 e. The highest BCUT2D eigenvalue weighted by Crippen LogP contribution is 2.33. The first kappa shape index (κ1) is 14.4. The van der Waals surface area contributed by atoms with E-state index < -0.39 is 10.1 Å². The Morgan fingerprint density at radius 2 is 2.05 bits per heavy atom. The number of benzene rings is 2. The molecule has 0 bridgehead atoms. The van der Waals surface area contributed by atoms with Crippen LogP contribution in [-0.2, 0) is 16.5 Å². The Labute approximate surface area is 127 Å². The predicted octanol–water partition coefficient (Wildman–Crippen LogP) is 3.58. The second-order valence-corrected chi connectivity index (χ2v) is 7.83. The molecule has 1 heterocycles. The van der Waals surface area contributed by atoms with E-state index in [1.54, 1.807) is 11.3 Å². The highest BCUT2D eigenvalue weighted by atomic mass is 32.2. The lowest BCUT2D eigenvalue weighted by atomic mass is 10.0. The molecule has 1 aromatic heterocycles. The molecular formula is C15H15NO3S2. The van der Waals surface area contributed by atoms with Gasteiger partial charge in [0.05, 0.1) is 21.0 Å². The first-order valence-electron chi connectivity index (χ1n) is 6.67. The zero-order chi connectivity index (χ0) is 15.0. The first-order valence-corrected chi connectivity index (χ1v) is 9.09. The Bertz CT molecular complexity index is 913. The lowest BCUT2D eigenvalue weighted by molar-refractivity contribution is 0.481. The van der Waals surface area contributed by atoms with Crippen molar-refractivity contribution in [3.63, 3.8) is 0 Å². The molecule has 0 spiro atoms. The fourth-order valence-corrected chi connectivity index (χ4v) is 4.04. The molecule has 3 aromatic rings. The summed E-state index contributed by atoms with van der Waals surface area (Å²) in [5.74, 6) is -0.209. The molecule has 3 rings (SSSR count). The maximum Gasteiger partial charge on any atom is 0.264 e. The largest absolute Gasteiger partial charge is 0.286 e. The average molecular weight is 321 g/mol. The molecule has 21 heavy (non-hydrogen) atoms. The third kappa shape index (κ3) is 3.07. The molecule has 1 N–H and O–H groups in total. The van der Waals surface area contributed by atoms with Crippen molar-refractivity contribution in [2.45, 2.75) is 19.8 Å². The van der Waals surface area contributed by atoms with Crippen LogP contribution in [0.15, 0.2) is 30.3 Å². The van der Waals surface area contributed by atoms with E-state index in [2.05, 4.69) is 17.1 Å². The number of rotatable bonds is 4. The van der Waals surface area contributed by atoms with Crippen molar-refractivity contribution < 1.29 is 13.0 Å². The van der Waals surface area contributed by atoms with Gasteiger partial charge in [-0.25, -0.2) is 4.98 Å². The lowest BCUT2D eigenvalue weighted by Gasteiger charge is -2.06. The van der Waals surface area contributed by atoms with Gasteiger partial charge in [-0.2, -0.15) is 8.42 Å². The predicted molar refractivity (Wildman–Crippen MR) is 86.6 cm³/mol. The topological polar surface area (TPSA) is 67.3 Å². The van der Waals surface area contributed by atoms with Crippen molar-refractivity contribution in [2.75, 3.05) is 5.75 Å². The fraction of sp³-hybridized carbons (Fsp3) is 0.267. The van der Waals surface area contributed by atoms with Crippen LogP contribution in [0.5, 0.6) is 0 Å². The molecule has 0 radical (unpaired) electrons. The van der Waals surface area contributed by atoms with Gasteiger partial charge in [0.1, 0.15) is 0 Å². The molecule has 0 unspecified atom stereocenters. The molecule has 0 atom stereocenters. The quantitative estimate of drug-likeness (QED) is 0.746. The summed E-state index contributed by atoms with van der Waals surface area (Å²) in [7, 11) is -3.90. The van der Waals surface area contributed by atoms with Gasteiger partial charge < -0.3 is 0 Å². The smallest absolute Gasteiger partial charge is 0.264 e. The summed E-state index contributed by atoms with van der Waals surface area (Å²) in [6, 6.07) is 10.2. The molecule has 0 aliphatic heterocycles. The molecule has 0 saturated heterocycles. The SMILES string of the molecule is Cc1nc2c(s1)c(CCCS(=O)(=O)O)cc1ccccc12. The molecule has 0 fully saturated rings. The average Bonchev–Trinajstić information content (AvgIpc) is 2.79. The van der Waals surface area contributed by atoms with Crippen LogP contribution in [0.4, 0.5) is 0 Å². The summed E-state index contributed by atoms with van der Waals surface area (Å²) in [5.41, 5.74) is 2.08. The number of nitrogens with zero attached hydrogens (tertiary/aromatic N) is 1. The van der Waals surface area contributed by atoms with Crippen molar-refractivity contribution in [1.82, 2.24) is 4.98 Å². The second kappa shape index (κ2) is 5.36. The molecule has 2 aromatic carbocycles. The second-order valence-electron chi connectivity index (χ2n) is 5.06. The monoisotopic (exact) mass is 321 g/mol. The standard InChI is InChI=1S/C15H15NO3S2/c1-10-16-14-13-7-3-2-5-11(13)9-12(15(14)20-10)6-4-8-21(17,18)19/h2-3,5,7,9H,4,6,8H2,1H3,(H,17,18,19). The maximum absolute atomic E-state index is 10.8. The van der Waals surface area contributed by atoms with Crippen LogP contribution in [0.1, 0.15) is 17.0 Å². The molecular weight excluding hydrogens is 306 g/mol. The van der Waals surface area contributed by atoms with Crippen molar-refractivity contribution in [3.8, 4) is 0 Å². The molecule has 0 saturated carbocycles. The summed E-state index contributed by atoms with van der Waals surface area (Å²) in [6.07, 6.45) is 1.02. The first-order chi connectivity index (χ1) is 9.94. The number of hydrogen-bond donors (Lipinski definition) is 1. The van der Waals surface area contributed by atoms with E-state index in [1.165, 1.54) is 0 Å². The van der Waals surface area contributed by atoms with E-state index in [4.69, 9.17) is 4.55 Å². The van der Waals surface area contributed by atoms with Crippen molar-refractivity contribution in [1.29, 1.82) is 0 Å². The Balaban J connectivity index is 2.07. The summed E-state index contributed by atoms with van der Waals surface area (Å²) in [5, 5.41) is 3.23. The highest BCUT2D eigenvalue weighted by Gasteiger charge is 2.12. The van der Waals surface area contributed by atoms with E-state index in [1.807, 2.05) is 25.1 Å². The van der Waals surface area contributed by atoms with Gasteiger partial charge in [-0.15, -0.1) is 11.3 Å². The van der Waals surface area contributed by atoms with Crippen LogP contribution in [-0.4, -0.2) is 23.7 Å². The van der Waals surface area contributed by atoms with Crippen LogP contribution < -0.4 is 0 Å². The molecule has 0 amide bonds. The Morgan fingerprint density at radius 1 is 1.29 bits per heavy atom. The van der Waals surface area contributed by atoms with Crippen molar-refractivity contribution in [2.24, 2.45) is 0 Å². The van der Waals surface area contributed by atoms with Gasteiger partial charge in [0, 0.05) is 5.39 Å². The molecule has 0 aliphatic rings. The Morgan fingerprint density at radius 3 is 2.81 bits per heavy atom. The van der Waals surface area contributed by atoms with E-state index in [0.717, 1.165) is 31.6 Å². The van der Waals surface area contributed by atoms with Crippen LogP contribution in [0.3, 0.4) is 0 Å². The third-order valence-electron chi connectivity index (χ3n) is 3.42. The zero-order valence-electron chi connectivity index (χ0n) is 11.5. The number of thiazole rings is 1. The highest BCUT2D eigenvalue weighted by molar-refractivity contribution is 7.85. The minimum atomic E-state index is -3.90. The summed E-state index contributed by atoms with van der Waals surface area (Å²) >= 11 is 1.63. The van der Waals surface area contributed by atoms with E-state index in [-0.39, 0.29) is 5.75 Å². The van der Waals surface area contributed by atoms with Crippen LogP contribution in [0.2, 0.25) is 0 Å². The van der Waals surface area contributed by atoms with Gasteiger partial charge in [0.25, 0.3) is 10.1 Å². The third-order valence-corrected chi connectivity index (χ3v) is 5.27. The van der Waals surface area contributed by atoms with E-state index >= 15 is 0 Å².